The molecule has 0 aliphatic carbocycles. The van der Waals surface area contributed by atoms with Crippen LogP contribution in [0.1, 0.15) is 309 Å². The van der Waals surface area contributed by atoms with Crippen molar-refractivity contribution >= 4 is 5.91 Å². The van der Waals surface area contributed by atoms with Crippen LogP contribution in [0.15, 0.2) is 60.8 Å². The van der Waals surface area contributed by atoms with Gasteiger partial charge in [-0.05, 0) is 57.8 Å². The van der Waals surface area contributed by atoms with Crippen LogP contribution in [0.2, 0.25) is 0 Å². The number of carbonyl (C=O) groups excluding carboxylic acids is 1. The van der Waals surface area contributed by atoms with Gasteiger partial charge in [0, 0.05) is 6.42 Å². The Hall–Kier alpha value is -2.11. The summed E-state index contributed by atoms with van der Waals surface area (Å²) in [4.78, 5) is 13.1. The monoisotopic (exact) mass is 1080 g/mol. The molecule has 9 nitrogen and oxygen atoms in total. The molecule has 1 fully saturated rings. The number of allylic oxidation sites excluding steroid dienone is 10. The van der Waals surface area contributed by atoms with Crippen LogP contribution in [0.4, 0.5) is 0 Å². The van der Waals surface area contributed by atoms with E-state index in [1.165, 1.54) is 212 Å². The predicted molar refractivity (Wildman–Crippen MR) is 327 cm³/mol. The molecule has 1 rings (SSSR count). The summed E-state index contributed by atoms with van der Waals surface area (Å²) in [7, 11) is 0. The van der Waals surface area contributed by atoms with Gasteiger partial charge in [-0.25, -0.2) is 0 Å². The normalized spacial score (nSPS) is 19.1. The fourth-order valence-electron chi connectivity index (χ4n) is 10.5. The van der Waals surface area contributed by atoms with Crippen molar-refractivity contribution in [3.05, 3.63) is 60.8 Å². The van der Waals surface area contributed by atoms with Crippen LogP contribution in [0, 0.1) is 0 Å². The van der Waals surface area contributed by atoms with Crippen molar-refractivity contribution in [1.29, 1.82) is 0 Å². The number of nitrogens with one attached hydrogen (secondary N) is 1. The largest absolute Gasteiger partial charge is 0.394 e. The predicted octanol–water partition coefficient (Wildman–Crippen LogP) is 17.4. The molecule has 450 valence electrons. The van der Waals surface area contributed by atoms with Crippen LogP contribution in [-0.2, 0) is 14.3 Å². The topological polar surface area (TPSA) is 149 Å². The molecule has 1 saturated heterocycles. The summed E-state index contributed by atoms with van der Waals surface area (Å²) < 4.78 is 11.4. The van der Waals surface area contributed by atoms with E-state index in [0.717, 1.165) is 70.6 Å². The lowest BCUT2D eigenvalue weighted by Gasteiger charge is -2.40. The van der Waals surface area contributed by atoms with Crippen LogP contribution < -0.4 is 5.32 Å². The first-order chi connectivity index (χ1) is 37.8. The van der Waals surface area contributed by atoms with Crippen molar-refractivity contribution in [1.82, 2.24) is 5.32 Å². The van der Waals surface area contributed by atoms with Crippen molar-refractivity contribution in [2.24, 2.45) is 0 Å². The number of unbranched alkanes of at least 4 members (excludes halogenated alkanes) is 37. The summed E-state index contributed by atoms with van der Waals surface area (Å²) >= 11 is 0. The van der Waals surface area contributed by atoms with Crippen molar-refractivity contribution in [3.63, 3.8) is 0 Å². The first kappa shape index (κ1) is 72.9. The molecule has 0 radical (unpaired) electrons. The van der Waals surface area contributed by atoms with Crippen LogP contribution in [0.25, 0.3) is 0 Å². The average Bonchev–Trinajstić information content (AvgIpc) is 3.43. The number of amides is 1. The van der Waals surface area contributed by atoms with E-state index in [4.69, 9.17) is 9.47 Å². The Bertz CT molecular complexity index is 1400. The number of rotatable bonds is 57. The highest BCUT2D eigenvalue weighted by molar-refractivity contribution is 5.76. The van der Waals surface area contributed by atoms with Gasteiger partial charge in [0.2, 0.25) is 5.91 Å². The maximum atomic E-state index is 13.1. The van der Waals surface area contributed by atoms with Gasteiger partial charge in [-0.1, -0.05) is 306 Å². The second-order valence-corrected chi connectivity index (χ2v) is 22.9. The molecule has 1 heterocycles. The number of ether oxygens (including phenoxy) is 2. The minimum atomic E-state index is -1.56. The third kappa shape index (κ3) is 46.2. The molecule has 0 spiro atoms. The molecule has 77 heavy (non-hydrogen) atoms. The van der Waals surface area contributed by atoms with Gasteiger partial charge in [0.05, 0.1) is 25.4 Å². The fourth-order valence-corrected chi connectivity index (χ4v) is 10.5. The zero-order valence-corrected chi connectivity index (χ0v) is 50.2. The number of hydrogen-bond acceptors (Lipinski definition) is 8. The quantitative estimate of drug-likeness (QED) is 0.0261. The van der Waals surface area contributed by atoms with Crippen molar-refractivity contribution in [2.45, 2.75) is 352 Å². The Morgan fingerprint density at radius 3 is 1.19 bits per heavy atom. The molecule has 1 amide bonds. The van der Waals surface area contributed by atoms with Gasteiger partial charge in [-0.2, -0.15) is 0 Å². The first-order valence-electron chi connectivity index (χ1n) is 33.0. The van der Waals surface area contributed by atoms with Gasteiger partial charge in [-0.15, -0.1) is 0 Å². The second-order valence-electron chi connectivity index (χ2n) is 22.9. The smallest absolute Gasteiger partial charge is 0.220 e. The SMILES string of the molecule is CC/C=C\C/C=C\C/C=C\C/C=C\C/C=C\CCCCCCCCCCCCCCCC(=O)NC(COC1OC(CO)C(O)C(O)C1O)C(O)CCCCCCCCCCCCCCCCCCCCCCCCCCC. The molecule has 7 unspecified atom stereocenters. The molecule has 0 saturated carbocycles. The summed E-state index contributed by atoms with van der Waals surface area (Å²) in [5, 5.41) is 54.9. The molecule has 9 heteroatoms. The highest BCUT2D eigenvalue weighted by Gasteiger charge is 2.44. The minimum absolute atomic E-state index is 0.138. The van der Waals surface area contributed by atoms with E-state index in [-0.39, 0.29) is 12.5 Å². The maximum Gasteiger partial charge on any atom is 0.220 e. The van der Waals surface area contributed by atoms with Crippen molar-refractivity contribution < 1.29 is 39.8 Å². The highest BCUT2D eigenvalue weighted by Crippen LogP contribution is 2.23. The van der Waals surface area contributed by atoms with Crippen LogP contribution in [0.5, 0.6) is 0 Å². The molecule has 0 bridgehead atoms. The van der Waals surface area contributed by atoms with Gasteiger partial charge >= 0.3 is 0 Å². The average molecular weight is 1080 g/mol. The third-order valence-corrected chi connectivity index (χ3v) is 15.6. The van der Waals surface area contributed by atoms with Crippen LogP contribution in [-0.4, -0.2) is 87.5 Å². The number of hydrogen-bond donors (Lipinski definition) is 6. The van der Waals surface area contributed by atoms with Gasteiger partial charge in [0.1, 0.15) is 24.4 Å². The van der Waals surface area contributed by atoms with E-state index in [0.29, 0.717) is 12.8 Å². The second kappa shape index (κ2) is 57.1. The van der Waals surface area contributed by atoms with Crippen molar-refractivity contribution in [2.75, 3.05) is 13.2 Å². The fraction of sp³-hybridized carbons (Fsp3) is 0.838. The van der Waals surface area contributed by atoms with Gasteiger partial charge < -0.3 is 40.3 Å². The molecule has 0 aromatic rings. The molecular weight excluding hydrogens is 959 g/mol. The Labute approximate surface area is 475 Å². The molecule has 1 aliphatic heterocycles. The van der Waals surface area contributed by atoms with Gasteiger partial charge in [0.15, 0.2) is 6.29 Å². The van der Waals surface area contributed by atoms with E-state index in [1.807, 2.05) is 0 Å². The lowest BCUT2D eigenvalue weighted by molar-refractivity contribution is -0.302. The zero-order chi connectivity index (χ0) is 55.8. The molecule has 7 atom stereocenters. The summed E-state index contributed by atoms with van der Waals surface area (Å²) in [6.45, 7) is 3.76. The Kier molecular flexibility index (Phi) is 54.1. The number of carbonyl (C=O) groups is 1. The van der Waals surface area contributed by atoms with Crippen LogP contribution >= 0.6 is 0 Å². The van der Waals surface area contributed by atoms with E-state index >= 15 is 0 Å². The Morgan fingerprint density at radius 1 is 0.455 bits per heavy atom. The van der Waals surface area contributed by atoms with Crippen LogP contribution in [0.3, 0.4) is 0 Å². The van der Waals surface area contributed by atoms with E-state index in [9.17, 15) is 30.3 Å². The molecule has 1 aliphatic rings. The summed E-state index contributed by atoms with van der Waals surface area (Å²) in [5.74, 6) is -0.143. The van der Waals surface area contributed by atoms with E-state index in [2.05, 4.69) is 79.9 Å². The van der Waals surface area contributed by atoms with Gasteiger partial charge in [0.25, 0.3) is 0 Å². The lowest BCUT2D eigenvalue weighted by Crippen LogP contribution is -2.60. The number of aliphatic hydroxyl groups is 5. The van der Waals surface area contributed by atoms with Crippen molar-refractivity contribution in [3.8, 4) is 0 Å². The summed E-state index contributed by atoms with van der Waals surface area (Å²) in [5.41, 5.74) is 0. The number of aliphatic hydroxyl groups excluding tert-OH is 5. The summed E-state index contributed by atoms with van der Waals surface area (Å²) in [6.07, 6.45) is 71.2. The van der Waals surface area contributed by atoms with Gasteiger partial charge in [-0.3, -0.25) is 4.79 Å². The Morgan fingerprint density at radius 2 is 0.805 bits per heavy atom. The Balaban J connectivity index is 2.15. The summed E-state index contributed by atoms with van der Waals surface area (Å²) in [6, 6.07) is -0.723. The first-order valence-corrected chi connectivity index (χ1v) is 33.0. The zero-order valence-electron chi connectivity index (χ0n) is 50.2. The van der Waals surface area contributed by atoms with E-state index in [1.54, 1.807) is 0 Å². The highest BCUT2D eigenvalue weighted by atomic mass is 16.7. The third-order valence-electron chi connectivity index (χ3n) is 15.6. The standard InChI is InChI=1S/C68H125NO8/c1-3-5-7-9-11-13-15-17-19-21-23-25-27-29-30-31-32-34-36-38-40-42-44-46-48-50-52-54-56-58-64(72)69-61(60-76-68-67(75)66(74)65(73)63(59-70)77-68)62(71)57-55-53-51-49-47-45-43-41-39-37-35-33-28-26-24-22-20-18-16-14-12-10-8-6-4-2/h5,7,11,13,17,19,23,25,29-30,61-63,65-68,70-71,73-75H,3-4,6,8-10,12,14-16,18,20-22,24,26-28,31-60H2,1-2H3,(H,69,72)/b7-5-,13-11-,19-17-,25-23-,30-29-. The molecular formula is C68H125NO8. The van der Waals surface area contributed by atoms with E-state index < -0.39 is 49.5 Å². The minimum Gasteiger partial charge on any atom is -0.394 e. The maximum absolute atomic E-state index is 13.1. The lowest BCUT2D eigenvalue weighted by atomic mass is 9.99. The molecule has 6 N–H and O–H groups in total. The molecule has 0 aromatic carbocycles. The molecule has 0 aromatic heterocycles.